The average Bonchev–Trinajstić information content (AvgIpc) is 2.69. The van der Waals surface area contributed by atoms with Gasteiger partial charge in [-0.1, -0.05) is 6.92 Å². The number of fused-ring (bicyclic) bond motifs is 1. The molecule has 8 nitrogen and oxygen atoms in total. The highest BCUT2D eigenvalue weighted by Crippen LogP contribution is 2.24. The van der Waals surface area contributed by atoms with Crippen molar-refractivity contribution in [1.29, 1.82) is 0 Å². The Hall–Kier alpha value is -2.69. The van der Waals surface area contributed by atoms with E-state index in [1.54, 1.807) is 0 Å². The number of nitrogens with zero attached hydrogens (tertiary/aromatic N) is 2. The molecule has 11 heteroatoms. The quantitative estimate of drug-likeness (QED) is 0.733. The van der Waals surface area contributed by atoms with Crippen LogP contribution in [0.1, 0.15) is 49.4 Å². The van der Waals surface area contributed by atoms with Crippen molar-refractivity contribution >= 4 is 16.9 Å². The van der Waals surface area contributed by atoms with Gasteiger partial charge in [0, 0.05) is 18.8 Å². The number of aryl methyl sites for hydroxylation is 1. The lowest BCUT2D eigenvalue weighted by Gasteiger charge is -2.30. The molecule has 2 atom stereocenters. The second kappa shape index (κ2) is 8.99. The van der Waals surface area contributed by atoms with Crippen LogP contribution in [0.2, 0.25) is 0 Å². The number of halogens is 3. The number of hydrogen-bond donors (Lipinski definition) is 2. The number of aromatic nitrogens is 3. The zero-order valence-electron chi connectivity index (χ0n) is 16.4. The number of hydrogen-bond acceptors (Lipinski definition) is 5. The van der Waals surface area contributed by atoms with Gasteiger partial charge in [0.05, 0.1) is 17.1 Å². The van der Waals surface area contributed by atoms with Gasteiger partial charge in [-0.15, -0.1) is 0 Å². The summed E-state index contributed by atoms with van der Waals surface area (Å²) in [5.41, 5.74) is -0.873. The van der Waals surface area contributed by atoms with E-state index in [4.69, 9.17) is 4.74 Å². The zero-order chi connectivity index (χ0) is 21.9. The first-order chi connectivity index (χ1) is 14.2. The Bertz CT molecular complexity index is 1030. The van der Waals surface area contributed by atoms with E-state index < -0.39 is 36.0 Å². The van der Waals surface area contributed by atoms with Crippen LogP contribution in [0.4, 0.5) is 13.2 Å². The summed E-state index contributed by atoms with van der Waals surface area (Å²) in [7, 11) is 0. The number of nitrogens with one attached hydrogen (secondary N) is 2. The summed E-state index contributed by atoms with van der Waals surface area (Å²) in [5, 5.41) is 2.89. The Morgan fingerprint density at radius 2 is 2.13 bits per heavy atom. The monoisotopic (exact) mass is 428 g/mol. The molecule has 1 saturated carbocycles. The molecule has 1 aliphatic carbocycles. The van der Waals surface area contributed by atoms with Crippen molar-refractivity contribution in [3.05, 3.63) is 38.7 Å². The fraction of sp³-hybridized carbons (Fsp3) is 0.579. The topological polar surface area (TPSA) is 106 Å². The van der Waals surface area contributed by atoms with E-state index in [0.29, 0.717) is 32.2 Å². The molecule has 1 aliphatic rings. The Morgan fingerprint density at radius 3 is 2.83 bits per heavy atom. The largest absolute Gasteiger partial charge is 0.411 e. The summed E-state index contributed by atoms with van der Waals surface area (Å²) in [6.07, 6.45) is -0.996. The van der Waals surface area contributed by atoms with Gasteiger partial charge < -0.3 is 10.1 Å². The smallest absolute Gasteiger partial charge is 0.369 e. The van der Waals surface area contributed by atoms with Crippen molar-refractivity contribution < 1.29 is 22.7 Å². The van der Waals surface area contributed by atoms with Gasteiger partial charge >= 0.3 is 11.9 Å². The highest BCUT2D eigenvalue weighted by Gasteiger charge is 2.31. The number of alkyl halides is 3. The van der Waals surface area contributed by atoms with Crippen LogP contribution in [-0.2, 0) is 11.3 Å². The molecule has 2 N–H and O–H groups in total. The fourth-order valence-corrected chi connectivity index (χ4v) is 3.63. The van der Waals surface area contributed by atoms with Crippen LogP contribution in [0.3, 0.4) is 0 Å². The molecule has 0 aliphatic heterocycles. The van der Waals surface area contributed by atoms with Crippen LogP contribution >= 0.6 is 0 Å². The first-order valence-electron chi connectivity index (χ1n) is 9.80. The molecule has 2 heterocycles. The number of H-pyrrole nitrogens is 1. The van der Waals surface area contributed by atoms with Crippen LogP contribution in [0, 0.1) is 0 Å². The predicted molar refractivity (Wildman–Crippen MR) is 102 cm³/mol. The standard InChI is InChI=1S/C19H23F3N4O4/c1-2-6-26-15-14(17(28)25-18(26)29)7-11(9-23-15)16(27)24-12-4-3-5-13(8-12)30-10-19(20,21)22/h7,9,12-13H,2-6,8,10H2,1H3,(H,24,27)(H,25,28,29). The number of aromatic amines is 1. The number of rotatable bonds is 6. The summed E-state index contributed by atoms with van der Waals surface area (Å²) in [6.45, 7) is 0.933. The van der Waals surface area contributed by atoms with Gasteiger partial charge in [0.25, 0.3) is 11.5 Å². The zero-order valence-corrected chi connectivity index (χ0v) is 16.4. The molecule has 1 amide bonds. The molecular weight excluding hydrogens is 405 g/mol. The van der Waals surface area contributed by atoms with Gasteiger partial charge in [0.15, 0.2) is 0 Å². The second-order valence-corrected chi connectivity index (χ2v) is 7.39. The van der Waals surface area contributed by atoms with Gasteiger partial charge in [0.1, 0.15) is 12.3 Å². The fourth-order valence-electron chi connectivity index (χ4n) is 3.63. The maximum Gasteiger partial charge on any atom is 0.411 e. The molecule has 2 aromatic heterocycles. The van der Waals surface area contributed by atoms with Gasteiger partial charge in [-0.05, 0) is 38.2 Å². The van der Waals surface area contributed by atoms with Gasteiger partial charge in [0.2, 0.25) is 0 Å². The lowest BCUT2D eigenvalue weighted by atomic mass is 9.92. The average molecular weight is 428 g/mol. The number of carbonyl (C=O) groups is 1. The molecule has 0 radical (unpaired) electrons. The minimum atomic E-state index is -4.39. The maximum absolute atomic E-state index is 12.6. The third-order valence-corrected chi connectivity index (χ3v) is 4.99. The minimum absolute atomic E-state index is 0.116. The summed E-state index contributed by atoms with van der Waals surface area (Å²) in [5.74, 6) is -0.487. The molecule has 0 saturated heterocycles. The van der Waals surface area contributed by atoms with Crippen molar-refractivity contribution in [2.45, 2.75) is 63.9 Å². The van der Waals surface area contributed by atoms with Crippen molar-refractivity contribution in [3.63, 3.8) is 0 Å². The van der Waals surface area contributed by atoms with Crippen LogP contribution in [-0.4, -0.2) is 45.4 Å². The molecule has 0 bridgehead atoms. The highest BCUT2D eigenvalue weighted by molar-refractivity contribution is 5.96. The highest BCUT2D eigenvalue weighted by atomic mass is 19.4. The van der Waals surface area contributed by atoms with Crippen molar-refractivity contribution in [1.82, 2.24) is 19.9 Å². The van der Waals surface area contributed by atoms with Crippen LogP contribution in [0.15, 0.2) is 21.9 Å². The lowest BCUT2D eigenvalue weighted by Crippen LogP contribution is -2.41. The summed E-state index contributed by atoms with van der Waals surface area (Å²) >= 11 is 0. The second-order valence-electron chi connectivity index (χ2n) is 7.39. The molecule has 2 aromatic rings. The van der Waals surface area contributed by atoms with Crippen molar-refractivity contribution in [3.8, 4) is 0 Å². The molecule has 0 aromatic carbocycles. The van der Waals surface area contributed by atoms with E-state index in [0.717, 1.165) is 0 Å². The van der Waals surface area contributed by atoms with Crippen molar-refractivity contribution in [2.75, 3.05) is 6.61 Å². The van der Waals surface area contributed by atoms with E-state index in [2.05, 4.69) is 15.3 Å². The molecular formula is C19H23F3N4O4. The first-order valence-corrected chi connectivity index (χ1v) is 9.80. The van der Waals surface area contributed by atoms with E-state index in [1.165, 1.54) is 16.8 Å². The maximum atomic E-state index is 12.6. The molecule has 1 fully saturated rings. The third kappa shape index (κ3) is 5.26. The number of ether oxygens (including phenoxy) is 1. The molecule has 2 unspecified atom stereocenters. The molecule has 30 heavy (non-hydrogen) atoms. The van der Waals surface area contributed by atoms with Gasteiger partial charge in [-0.25, -0.2) is 9.78 Å². The molecule has 3 rings (SSSR count). The van der Waals surface area contributed by atoms with E-state index in [9.17, 15) is 27.6 Å². The summed E-state index contributed by atoms with van der Waals surface area (Å²) in [4.78, 5) is 43.1. The third-order valence-electron chi connectivity index (χ3n) is 4.99. The predicted octanol–water partition coefficient (Wildman–Crippen LogP) is 2.11. The summed E-state index contributed by atoms with van der Waals surface area (Å²) in [6, 6.07) is 1.02. The number of carbonyl (C=O) groups excluding carboxylic acids is 1. The Morgan fingerprint density at radius 1 is 1.37 bits per heavy atom. The van der Waals surface area contributed by atoms with Gasteiger partial charge in [-0.2, -0.15) is 13.2 Å². The summed E-state index contributed by atoms with van der Waals surface area (Å²) < 4.78 is 43.3. The Kier molecular flexibility index (Phi) is 6.59. The molecule has 164 valence electrons. The van der Waals surface area contributed by atoms with Crippen LogP contribution < -0.4 is 16.6 Å². The molecule has 0 spiro atoms. The van der Waals surface area contributed by atoms with E-state index in [1.807, 2.05) is 6.92 Å². The Balaban J connectivity index is 1.74. The van der Waals surface area contributed by atoms with Gasteiger partial charge in [-0.3, -0.25) is 19.1 Å². The normalized spacial score (nSPS) is 19.7. The Labute approximate surface area is 169 Å². The van der Waals surface area contributed by atoms with E-state index >= 15 is 0 Å². The van der Waals surface area contributed by atoms with E-state index in [-0.39, 0.29) is 29.1 Å². The SMILES string of the molecule is CCCn1c(=O)[nH]c(=O)c2cc(C(=O)NC3CCCC(OCC(F)(F)F)C3)cnc21. The van der Waals surface area contributed by atoms with Crippen LogP contribution in [0.25, 0.3) is 11.0 Å². The first kappa shape index (κ1) is 22.0. The lowest BCUT2D eigenvalue weighted by molar-refractivity contribution is -0.188. The minimum Gasteiger partial charge on any atom is -0.369 e. The van der Waals surface area contributed by atoms with Crippen molar-refractivity contribution in [2.24, 2.45) is 0 Å². The number of amides is 1. The number of pyridine rings is 1. The van der Waals surface area contributed by atoms with Crippen LogP contribution in [0.5, 0.6) is 0 Å².